The number of carboxylic acid groups (broad SMARTS) is 1. The van der Waals surface area contributed by atoms with Gasteiger partial charge in [-0.1, -0.05) is 58.6 Å². The Kier molecular flexibility index (Phi) is 15.0. The Balaban J connectivity index is 2.46. The third-order valence-corrected chi connectivity index (χ3v) is 5.16. The van der Waals surface area contributed by atoms with Crippen LogP contribution in [0.4, 0.5) is 4.79 Å². The summed E-state index contributed by atoms with van der Waals surface area (Å²) in [6, 6.07) is 7.39. The quantitative estimate of drug-likeness (QED) is 0.286. The minimum absolute atomic E-state index is 0.245. The summed E-state index contributed by atoms with van der Waals surface area (Å²) in [7, 11) is 0. The molecule has 0 saturated carbocycles. The van der Waals surface area contributed by atoms with Gasteiger partial charge in [0.25, 0.3) is 0 Å². The lowest BCUT2D eigenvalue weighted by Crippen LogP contribution is -2.34. The van der Waals surface area contributed by atoms with Crippen LogP contribution in [0.1, 0.15) is 71.8 Å². The lowest BCUT2D eigenvalue weighted by atomic mass is 10.1. The van der Waals surface area contributed by atoms with Gasteiger partial charge in [-0.25, -0.2) is 9.59 Å². The zero-order valence-corrected chi connectivity index (χ0v) is 20.9. The number of benzene rings is 1. The smallest absolute Gasteiger partial charge is 0.409 e. The van der Waals surface area contributed by atoms with E-state index in [1.54, 1.807) is 11.8 Å². The van der Waals surface area contributed by atoms with Gasteiger partial charge in [-0.3, -0.25) is 0 Å². The van der Waals surface area contributed by atoms with E-state index in [9.17, 15) is 14.7 Å². The van der Waals surface area contributed by atoms with Gasteiger partial charge in [-0.05, 0) is 43.4 Å². The highest BCUT2D eigenvalue weighted by atomic mass is 16.6. The summed E-state index contributed by atoms with van der Waals surface area (Å²) < 4.78 is 16.5. The van der Waals surface area contributed by atoms with Crippen molar-refractivity contribution in [1.82, 2.24) is 4.90 Å². The molecule has 0 aliphatic carbocycles. The van der Waals surface area contributed by atoms with Crippen molar-refractivity contribution in [2.24, 2.45) is 5.92 Å². The number of aliphatic carboxylic acids is 1. The number of amides is 1. The molecule has 1 rings (SSSR count). The molecule has 7 heteroatoms. The predicted molar refractivity (Wildman–Crippen MR) is 130 cm³/mol. The number of hydrogen-bond donors (Lipinski definition) is 1. The SMILES string of the molecule is CCCCCCCN(CCCOc1ccc(CC(OCC)C(=O)O)cc1)C(=O)OCC(C)C. The molecule has 0 fully saturated rings. The summed E-state index contributed by atoms with van der Waals surface area (Å²) in [6.07, 6.45) is 5.67. The van der Waals surface area contributed by atoms with Crippen LogP contribution in [-0.2, 0) is 20.7 Å². The zero-order chi connectivity index (χ0) is 24.5. The van der Waals surface area contributed by atoms with Crippen LogP contribution in [0.25, 0.3) is 0 Å². The number of carboxylic acids is 1. The molecule has 1 amide bonds. The van der Waals surface area contributed by atoms with Crippen LogP contribution >= 0.6 is 0 Å². The Morgan fingerprint density at radius 2 is 1.64 bits per heavy atom. The van der Waals surface area contributed by atoms with E-state index in [-0.39, 0.29) is 6.09 Å². The largest absolute Gasteiger partial charge is 0.494 e. The average molecular weight is 466 g/mol. The van der Waals surface area contributed by atoms with Crippen molar-refractivity contribution in [3.63, 3.8) is 0 Å². The zero-order valence-electron chi connectivity index (χ0n) is 20.9. The van der Waals surface area contributed by atoms with Crippen LogP contribution in [0.2, 0.25) is 0 Å². The maximum Gasteiger partial charge on any atom is 0.409 e. The van der Waals surface area contributed by atoms with E-state index in [4.69, 9.17) is 14.2 Å². The lowest BCUT2D eigenvalue weighted by Gasteiger charge is -2.23. The number of rotatable bonds is 18. The summed E-state index contributed by atoms with van der Waals surface area (Å²) >= 11 is 0. The predicted octanol–water partition coefficient (Wildman–Crippen LogP) is 5.55. The Hall–Kier alpha value is -2.28. The van der Waals surface area contributed by atoms with Gasteiger partial charge in [0, 0.05) is 26.1 Å². The third-order valence-electron chi connectivity index (χ3n) is 5.16. The number of hydrogen-bond acceptors (Lipinski definition) is 5. The van der Waals surface area contributed by atoms with E-state index in [0.29, 0.717) is 51.7 Å². The first-order chi connectivity index (χ1) is 15.9. The van der Waals surface area contributed by atoms with Crippen molar-refractivity contribution in [3.8, 4) is 5.75 Å². The van der Waals surface area contributed by atoms with E-state index in [2.05, 4.69) is 6.92 Å². The maximum atomic E-state index is 12.5. The fourth-order valence-electron chi connectivity index (χ4n) is 3.33. The van der Waals surface area contributed by atoms with Crippen LogP contribution in [0.3, 0.4) is 0 Å². The van der Waals surface area contributed by atoms with E-state index < -0.39 is 12.1 Å². The van der Waals surface area contributed by atoms with E-state index in [1.807, 2.05) is 38.1 Å². The molecule has 7 nitrogen and oxygen atoms in total. The molecule has 0 saturated heterocycles. The van der Waals surface area contributed by atoms with Crippen molar-refractivity contribution in [2.75, 3.05) is 32.9 Å². The summed E-state index contributed by atoms with van der Waals surface area (Å²) in [5, 5.41) is 9.21. The maximum absolute atomic E-state index is 12.5. The molecule has 0 aliphatic rings. The van der Waals surface area contributed by atoms with Gasteiger partial charge in [0.1, 0.15) is 5.75 Å². The molecule has 0 radical (unpaired) electrons. The van der Waals surface area contributed by atoms with Crippen molar-refractivity contribution >= 4 is 12.1 Å². The normalized spacial score (nSPS) is 11.9. The van der Waals surface area contributed by atoms with Crippen LogP contribution < -0.4 is 4.74 Å². The molecule has 188 valence electrons. The van der Waals surface area contributed by atoms with Crippen molar-refractivity contribution in [1.29, 1.82) is 0 Å². The lowest BCUT2D eigenvalue weighted by molar-refractivity contribution is -0.149. The Bertz CT molecular complexity index is 661. The number of unbranched alkanes of at least 4 members (excludes halogenated alkanes) is 4. The molecule has 1 aromatic rings. The number of ether oxygens (including phenoxy) is 3. The second-order valence-corrected chi connectivity index (χ2v) is 8.70. The average Bonchev–Trinajstić information content (AvgIpc) is 2.79. The number of carbonyl (C=O) groups excluding carboxylic acids is 1. The van der Waals surface area contributed by atoms with Gasteiger partial charge >= 0.3 is 12.1 Å². The Morgan fingerprint density at radius 3 is 2.24 bits per heavy atom. The Labute approximate surface area is 199 Å². The second-order valence-electron chi connectivity index (χ2n) is 8.70. The van der Waals surface area contributed by atoms with Crippen molar-refractivity contribution in [3.05, 3.63) is 29.8 Å². The molecule has 0 heterocycles. The highest BCUT2D eigenvalue weighted by Gasteiger charge is 2.18. The third kappa shape index (κ3) is 13.1. The minimum Gasteiger partial charge on any atom is -0.494 e. The summed E-state index contributed by atoms with van der Waals surface area (Å²) in [4.78, 5) is 25.5. The molecule has 1 atom stereocenters. The molecule has 0 spiro atoms. The molecule has 1 N–H and O–H groups in total. The summed E-state index contributed by atoms with van der Waals surface area (Å²) in [5.74, 6) is 0.0699. The topological polar surface area (TPSA) is 85.3 Å². The molecular weight excluding hydrogens is 422 g/mol. The van der Waals surface area contributed by atoms with Gasteiger partial charge in [0.15, 0.2) is 6.10 Å². The second kappa shape index (κ2) is 17.2. The highest BCUT2D eigenvalue weighted by molar-refractivity contribution is 5.72. The first-order valence-corrected chi connectivity index (χ1v) is 12.3. The van der Waals surface area contributed by atoms with Gasteiger partial charge in [0.2, 0.25) is 0 Å². The van der Waals surface area contributed by atoms with Crippen LogP contribution in [-0.4, -0.2) is 61.1 Å². The molecule has 0 bridgehead atoms. The Morgan fingerprint density at radius 1 is 0.970 bits per heavy atom. The molecular formula is C26H43NO6. The molecule has 0 aliphatic heterocycles. The first-order valence-electron chi connectivity index (χ1n) is 12.3. The fourth-order valence-corrected chi connectivity index (χ4v) is 3.33. The summed E-state index contributed by atoms with van der Waals surface area (Å²) in [5.41, 5.74) is 0.880. The van der Waals surface area contributed by atoms with Crippen LogP contribution in [0, 0.1) is 5.92 Å². The molecule has 1 aromatic carbocycles. The van der Waals surface area contributed by atoms with E-state index in [1.165, 1.54) is 19.3 Å². The van der Waals surface area contributed by atoms with E-state index >= 15 is 0 Å². The fraction of sp³-hybridized carbons (Fsp3) is 0.692. The van der Waals surface area contributed by atoms with Gasteiger partial charge in [-0.2, -0.15) is 0 Å². The van der Waals surface area contributed by atoms with Crippen molar-refractivity contribution < 1.29 is 28.9 Å². The first kappa shape index (κ1) is 28.8. The van der Waals surface area contributed by atoms with Gasteiger partial charge < -0.3 is 24.2 Å². The summed E-state index contributed by atoms with van der Waals surface area (Å²) in [6.45, 7) is 10.6. The number of nitrogens with zero attached hydrogens (tertiary/aromatic N) is 1. The number of carbonyl (C=O) groups is 2. The van der Waals surface area contributed by atoms with Crippen LogP contribution in [0.15, 0.2) is 24.3 Å². The van der Waals surface area contributed by atoms with Gasteiger partial charge in [0.05, 0.1) is 13.2 Å². The molecule has 33 heavy (non-hydrogen) atoms. The van der Waals surface area contributed by atoms with Crippen molar-refractivity contribution in [2.45, 2.75) is 78.7 Å². The standard InChI is InChI=1S/C26H43NO6/c1-5-7-8-9-10-16-27(26(30)33-20-21(3)4)17-11-18-32-23-14-12-22(13-15-23)19-24(25(28)29)31-6-2/h12-15,21,24H,5-11,16-20H2,1-4H3,(H,28,29). The molecule has 0 aromatic heterocycles. The van der Waals surface area contributed by atoms with Crippen LogP contribution in [0.5, 0.6) is 5.75 Å². The molecule has 1 unspecified atom stereocenters. The van der Waals surface area contributed by atoms with Gasteiger partial charge in [-0.15, -0.1) is 0 Å². The highest BCUT2D eigenvalue weighted by Crippen LogP contribution is 2.15. The monoisotopic (exact) mass is 465 g/mol. The minimum atomic E-state index is -0.959. The van der Waals surface area contributed by atoms with E-state index in [0.717, 1.165) is 24.2 Å².